The highest BCUT2D eigenvalue weighted by Crippen LogP contribution is 2.36. The van der Waals surface area contributed by atoms with Gasteiger partial charge >= 0.3 is 0 Å². The number of aliphatic hydroxyl groups is 1. The maximum Gasteiger partial charge on any atom is 0.208 e. The second kappa shape index (κ2) is 6.43. The van der Waals surface area contributed by atoms with Gasteiger partial charge in [-0.2, -0.15) is 0 Å². The van der Waals surface area contributed by atoms with Gasteiger partial charge in [0.05, 0.1) is 0 Å². The van der Waals surface area contributed by atoms with Crippen LogP contribution in [0.1, 0.15) is 35.4 Å². The molecule has 128 valence electrons. The van der Waals surface area contributed by atoms with Gasteiger partial charge < -0.3 is 15.3 Å². The lowest BCUT2D eigenvalue weighted by molar-refractivity contribution is 0.0350. The van der Waals surface area contributed by atoms with Gasteiger partial charge in [-0.25, -0.2) is 0 Å². The van der Waals surface area contributed by atoms with Crippen LogP contribution in [-0.2, 0) is 12.0 Å². The number of piperidine rings is 1. The zero-order valence-corrected chi connectivity index (χ0v) is 14.9. The Hall–Kier alpha value is -1.50. The molecule has 1 atom stereocenters. The summed E-state index contributed by atoms with van der Waals surface area (Å²) in [7, 11) is 0. The van der Waals surface area contributed by atoms with Crippen molar-refractivity contribution in [3.05, 3.63) is 40.4 Å². The molecule has 2 heterocycles. The summed E-state index contributed by atoms with van der Waals surface area (Å²) in [6.07, 6.45) is 3.96. The zero-order valence-electron chi connectivity index (χ0n) is 14.0. The van der Waals surface area contributed by atoms with Crippen LogP contribution in [0.4, 0.5) is 5.13 Å². The minimum atomic E-state index is -0.704. The molecule has 1 aromatic heterocycles. The Bertz CT molecular complexity index is 711. The summed E-state index contributed by atoms with van der Waals surface area (Å²) in [5.41, 5.74) is 1.70. The van der Waals surface area contributed by atoms with E-state index in [1.165, 1.54) is 5.56 Å². The van der Waals surface area contributed by atoms with E-state index in [9.17, 15) is 5.11 Å². The zero-order chi connectivity index (χ0) is 16.6. The topological polar surface area (TPSA) is 61.3 Å². The molecule has 4 rings (SSSR count). The Labute approximate surface area is 146 Å². The number of nitrogens with one attached hydrogen (secondary N) is 1. The highest BCUT2D eigenvalue weighted by atomic mass is 32.1. The van der Waals surface area contributed by atoms with E-state index in [4.69, 9.17) is 0 Å². The minimum Gasteiger partial charge on any atom is -0.384 e. The van der Waals surface area contributed by atoms with Gasteiger partial charge in [-0.15, -0.1) is 10.2 Å². The lowest BCUT2D eigenvalue weighted by Gasteiger charge is -2.34. The van der Waals surface area contributed by atoms with Crippen molar-refractivity contribution in [2.24, 2.45) is 0 Å². The van der Waals surface area contributed by atoms with Crippen LogP contribution in [0.3, 0.4) is 0 Å². The lowest BCUT2D eigenvalue weighted by atomic mass is 9.95. The predicted octanol–water partition coefficient (Wildman–Crippen LogP) is 2.24. The Kier molecular flexibility index (Phi) is 4.28. The van der Waals surface area contributed by atoms with Crippen LogP contribution < -0.4 is 10.2 Å². The molecule has 1 fully saturated rings. The van der Waals surface area contributed by atoms with E-state index in [0.29, 0.717) is 12.6 Å². The van der Waals surface area contributed by atoms with Crippen molar-refractivity contribution in [3.8, 4) is 0 Å². The van der Waals surface area contributed by atoms with Gasteiger partial charge in [0.1, 0.15) is 10.6 Å². The number of rotatable bonds is 4. The number of hydrogen-bond donors (Lipinski definition) is 2. The third-order valence-corrected chi connectivity index (χ3v) is 6.19. The van der Waals surface area contributed by atoms with E-state index in [2.05, 4.69) is 38.6 Å². The second-order valence-electron chi connectivity index (χ2n) is 6.93. The summed E-state index contributed by atoms with van der Waals surface area (Å²) >= 11 is 1.66. The van der Waals surface area contributed by atoms with Crippen LogP contribution >= 0.6 is 11.3 Å². The van der Waals surface area contributed by atoms with Gasteiger partial charge in [-0.1, -0.05) is 35.6 Å². The van der Waals surface area contributed by atoms with Gasteiger partial charge in [0.15, 0.2) is 0 Å². The highest BCUT2D eigenvalue weighted by molar-refractivity contribution is 7.15. The molecule has 0 amide bonds. The molecule has 24 heavy (non-hydrogen) atoms. The Morgan fingerprint density at radius 2 is 2.08 bits per heavy atom. The number of anilines is 1. The largest absolute Gasteiger partial charge is 0.384 e. The normalized spacial score (nSPS) is 24.3. The van der Waals surface area contributed by atoms with Crippen LogP contribution in [0.5, 0.6) is 0 Å². The quantitative estimate of drug-likeness (QED) is 0.891. The molecule has 0 spiro atoms. The van der Waals surface area contributed by atoms with E-state index in [0.717, 1.165) is 54.5 Å². The van der Waals surface area contributed by atoms with Crippen LogP contribution in [-0.4, -0.2) is 41.0 Å². The molecule has 0 saturated carbocycles. The molecule has 2 aliphatic rings. The van der Waals surface area contributed by atoms with Crippen LogP contribution in [0, 0.1) is 6.92 Å². The molecule has 2 aromatic rings. The fourth-order valence-electron chi connectivity index (χ4n) is 3.85. The molecule has 1 unspecified atom stereocenters. The summed E-state index contributed by atoms with van der Waals surface area (Å²) in [4.78, 5) is 2.32. The monoisotopic (exact) mass is 344 g/mol. The van der Waals surface area contributed by atoms with Gasteiger partial charge in [0.2, 0.25) is 5.13 Å². The van der Waals surface area contributed by atoms with Crippen molar-refractivity contribution in [2.75, 3.05) is 24.5 Å². The molecule has 6 heteroatoms. The number of hydrogen-bond acceptors (Lipinski definition) is 6. The molecule has 1 saturated heterocycles. The predicted molar refractivity (Wildman–Crippen MR) is 96.5 cm³/mol. The minimum absolute atomic E-state index is 0.465. The van der Waals surface area contributed by atoms with Crippen molar-refractivity contribution in [1.82, 2.24) is 15.5 Å². The van der Waals surface area contributed by atoms with Crippen molar-refractivity contribution in [3.63, 3.8) is 0 Å². The van der Waals surface area contributed by atoms with Crippen molar-refractivity contribution in [2.45, 2.75) is 44.2 Å². The average Bonchev–Trinajstić information content (AvgIpc) is 3.19. The first-order valence-electron chi connectivity index (χ1n) is 8.73. The molecule has 0 radical (unpaired) electrons. The first-order valence-corrected chi connectivity index (χ1v) is 9.55. The maximum absolute atomic E-state index is 11.0. The Balaban J connectivity index is 1.32. The SMILES string of the molecule is Cc1nnc(N2CCC(NCC3(O)CCc4ccccc43)CC2)s1. The number of benzene rings is 1. The van der Waals surface area contributed by atoms with Crippen LogP contribution in [0.15, 0.2) is 24.3 Å². The Morgan fingerprint density at radius 1 is 1.29 bits per heavy atom. The fourth-order valence-corrected chi connectivity index (χ4v) is 4.59. The van der Waals surface area contributed by atoms with E-state index in [-0.39, 0.29) is 0 Å². The van der Waals surface area contributed by atoms with E-state index in [1.54, 1.807) is 11.3 Å². The molecular weight excluding hydrogens is 320 g/mol. The molecule has 1 aliphatic heterocycles. The number of nitrogens with zero attached hydrogens (tertiary/aromatic N) is 3. The van der Waals surface area contributed by atoms with E-state index in [1.807, 2.05) is 13.0 Å². The van der Waals surface area contributed by atoms with Gasteiger partial charge in [-0.3, -0.25) is 0 Å². The van der Waals surface area contributed by atoms with E-state index >= 15 is 0 Å². The first-order chi connectivity index (χ1) is 11.6. The maximum atomic E-state index is 11.0. The molecular formula is C18H24N4OS. The summed E-state index contributed by atoms with van der Waals surface area (Å²) in [5.74, 6) is 0. The highest BCUT2D eigenvalue weighted by Gasteiger charge is 2.36. The first kappa shape index (κ1) is 16.0. The third-order valence-electron chi connectivity index (χ3n) is 5.29. The van der Waals surface area contributed by atoms with Crippen molar-refractivity contribution >= 4 is 16.5 Å². The molecule has 5 nitrogen and oxygen atoms in total. The van der Waals surface area contributed by atoms with Gasteiger partial charge in [0.25, 0.3) is 0 Å². The number of aromatic nitrogens is 2. The summed E-state index contributed by atoms with van der Waals surface area (Å²) in [5, 5.41) is 25.0. The fraction of sp³-hybridized carbons (Fsp3) is 0.556. The summed E-state index contributed by atoms with van der Waals surface area (Å²) < 4.78 is 0. The van der Waals surface area contributed by atoms with Gasteiger partial charge in [0, 0.05) is 25.7 Å². The second-order valence-corrected chi connectivity index (χ2v) is 8.09. The van der Waals surface area contributed by atoms with Crippen LogP contribution in [0.25, 0.3) is 0 Å². The molecule has 0 bridgehead atoms. The molecule has 1 aromatic carbocycles. The van der Waals surface area contributed by atoms with Gasteiger partial charge in [-0.05, 0) is 43.7 Å². The standard InChI is InChI=1S/C18H24N4OS/c1-13-20-21-17(24-13)22-10-7-15(8-11-22)19-12-18(23)9-6-14-4-2-3-5-16(14)18/h2-5,15,19,23H,6-12H2,1H3. The molecule has 2 N–H and O–H groups in total. The molecule has 1 aliphatic carbocycles. The third kappa shape index (κ3) is 3.06. The number of aryl methyl sites for hydroxylation is 2. The smallest absolute Gasteiger partial charge is 0.208 e. The average molecular weight is 344 g/mol. The van der Waals surface area contributed by atoms with Crippen LogP contribution in [0.2, 0.25) is 0 Å². The van der Waals surface area contributed by atoms with Crippen molar-refractivity contribution < 1.29 is 5.11 Å². The Morgan fingerprint density at radius 3 is 2.83 bits per heavy atom. The van der Waals surface area contributed by atoms with Crippen molar-refractivity contribution in [1.29, 1.82) is 0 Å². The number of fused-ring (bicyclic) bond motifs is 1. The summed E-state index contributed by atoms with van der Waals surface area (Å²) in [6.45, 7) is 4.64. The van der Waals surface area contributed by atoms with E-state index < -0.39 is 5.60 Å². The lowest BCUT2D eigenvalue weighted by Crippen LogP contribution is -2.47. The summed E-state index contributed by atoms with van der Waals surface area (Å²) in [6, 6.07) is 8.76.